The van der Waals surface area contributed by atoms with Gasteiger partial charge in [0.05, 0.1) is 10.5 Å². The van der Waals surface area contributed by atoms with E-state index in [9.17, 15) is 9.59 Å². The van der Waals surface area contributed by atoms with Gasteiger partial charge in [-0.15, -0.1) is 0 Å². The number of likely N-dealkylation sites (N-methyl/N-ethyl adjacent to an activating group) is 1. The molecule has 1 aliphatic carbocycles. The van der Waals surface area contributed by atoms with Crippen LogP contribution in [0.25, 0.3) is 11.7 Å². The Labute approximate surface area is 190 Å². The molecule has 0 aromatic carbocycles. The van der Waals surface area contributed by atoms with Gasteiger partial charge in [0, 0.05) is 38.4 Å². The molecular weight excluding hydrogens is 430 g/mol. The van der Waals surface area contributed by atoms with Crippen LogP contribution >= 0.6 is 24.0 Å². The van der Waals surface area contributed by atoms with Gasteiger partial charge in [-0.3, -0.25) is 18.9 Å². The molecule has 1 amide bonds. The van der Waals surface area contributed by atoms with E-state index in [0.29, 0.717) is 26.3 Å². The zero-order chi connectivity index (χ0) is 21.5. The highest BCUT2D eigenvalue weighted by atomic mass is 32.2. The molecule has 1 saturated carbocycles. The van der Waals surface area contributed by atoms with Gasteiger partial charge in [-0.2, -0.15) is 0 Å². The predicted octanol–water partition coefficient (Wildman–Crippen LogP) is 2.59. The Balaban J connectivity index is 1.59. The first-order valence-corrected chi connectivity index (χ1v) is 12.0. The number of pyridine rings is 1. The number of nitrogens with zero attached hydrogens (tertiary/aromatic N) is 5. The van der Waals surface area contributed by atoms with Crippen molar-refractivity contribution in [3.05, 3.63) is 45.2 Å². The number of rotatable bonds is 3. The van der Waals surface area contributed by atoms with Gasteiger partial charge in [0.15, 0.2) is 0 Å². The normalized spacial score (nSPS) is 22.4. The maximum absolute atomic E-state index is 13.4. The number of aromatic nitrogens is 2. The highest BCUT2D eigenvalue weighted by molar-refractivity contribution is 8.26. The smallest absolute Gasteiger partial charge is 0.267 e. The summed E-state index contributed by atoms with van der Waals surface area (Å²) in [5.74, 6) is 0.569. The maximum Gasteiger partial charge on any atom is 0.267 e. The van der Waals surface area contributed by atoms with Gasteiger partial charge in [0.1, 0.15) is 15.8 Å². The van der Waals surface area contributed by atoms with Crippen molar-refractivity contribution in [3.63, 3.8) is 0 Å². The van der Waals surface area contributed by atoms with Crippen molar-refractivity contribution in [2.45, 2.75) is 31.7 Å². The van der Waals surface area contributed by atoms with Crippen molar-refractivity contribution in [3.8, 4) is 0 Å². The molecule has 3 fully saturated rings. The number of anilines is 1. The zero-order valence-corrected chi connectivity index (χ0v) is 19.1. The molecule has 0 atom stereocenters. The van der Waals surface area contributed by atoms with Crippen molar-refractivity contribution < 1.29 is 4.79 Å². The number of hydrogen-bond acceptors (Lipinski definition) is 7. The van der Waals surface area contributed by atoms with E-state index >= 15 is 0 Å². The van der Waals surface area contributed by atoms with Crippen molar-refractivity contribution in [1.29, 1.82) is 0 Å². The summed E-state index contributed by atoms with van der Waals surface area (Å²) in [5.41, 5.74) is 0.905. The Morgan fingerprint density at radius 3 is 2.61 bits per heavy atom. The molecule has 31 heavy (non-hydrogen) atoms. The molecule has 2 aromatic rings. The van der Waals surface area contributed by atoms with Crippen LogP contribution < -0.4 is 10.5 Å². The third-order valence-electron chi connectivity index (χ3n) is 6.34. The molecule has 162 valence electrons. The van der Waals surface area contributed by atoms with Crippen LogP contribution in [0.3, 0.4) is 0 Å². The van der Waals surface area contributed by atoms with E-state index in [4.69, 9.17) is 17.2 Å². The second-order valence-electron chi connectivity index (χ2n) is 8.36. The van der Waals surface area contributed by atoms with E-state index in [1.165, 1.54) is 11.8 Å². The van der Waals surface area contributed by atoms with Crippen molar-refractivity contribution >= 4 is 51.7 Å². The number of piperazine rings is 1. The predicted molar refractivity (Wildman–Crippen MR) is 128 cm³/mol. The first-order valence-electron chi connectivity index (χ1n) is 10.7. The summed E-state index contributed by atoms with van der Waals surface area (Å²) in [6.07, 6.45) is 7.68. The fourth-order valence-electron chi connectivity index (χ4n) is 4.56. The van der Waals surface area contributed by atoms with Gasteiger partial charge in [-0.05, 0) is 38.1 Å². The quantitative estimate of drug-likeness (QED) is 0.521. The average molecular weight is 456 g/mol. The molecule has 0 N–H and O–H groups in total. The number of carbonyl (C=O) groups is 1. The van der Waals surface area contributed by atoms with Crippen LogP contribution in [0, 0.1) is 0 Å². The summed E-state index contributed by atoms with van der Waals surface area (Å²) < 4.78 is 2.14. The number of carbonyl (C=O) groups excluding carboxylic acids is 1. The van der Waals surface area contributed by atoms with Crippen molar-refractivity contribution in [2.75, 3.05) is 38.1 Å². The van der Waals surface area contributed by atoms with Gasteiger partial charge in [0.25, 0.3) is 11.5 Å². The molecule has 5 rings (SSSR count). The molecule has 9 heteroatoms. The van der Waals surface area contributed by atoms with Crippen LogP contribution in [0.5, 0.6) is 0 Å². The molecule has 7 nitrogen and oxygen atoms in total. The van der Waals surface area contributed by atoms with Crippen molar-refractivity contribution in [2.24, 2.45) is 0 Å². The summed E-state index contributed by atoms with van der Waals surface area (Å²) >= 11 is 6.84. The Morgan fingerprint density at radius 1 is 1.13 bits per heavy atom. The molecule has 2 aromatic heterocycles. The van der Waals surface area contributed by atoms with Gasteiger partial charge in [0.2, 0.25) is 0 Å². The molecule has 0 radical (unpaired) electrons. The Morgan fingerprint density at radius 2 is 1.87 bits per heavy atom. The molecule has 3 aliphatic rings. The lowest BCUT2D eigenvalue weighted by atomic mass is 10.2. The van der Waals surface area contributed by atoms with E-state index in [1.54, 1.807) is 21.6 Å². The van der Waals surface area contributed by atoms with Crippen LogP contribution in [0.1, 0.15) is 31.2 Å². The second kappa shape index (κ2) is 8.37. The molecule has 2 saturated heterocycles. The second-order valence-corrected chi connectivity index (χ2v) is 10.0. The fraction of sp³-hybridized carbons (Fsp3) is 0.455. The van der Waals surface area contributed by atoms with Crippen LogP contribution in [-0.2, 0) is 4.79 Å². The minimum absolute atomic E-state index is 0.0798. The van der Waals surface area contributed by atoms with Crippen molar-refractivity contribution in [1.82, 2.24) is 19.2 Å². The summed E-state index contributed by atoms with van der Waals surface area (Å²) in [6.45, 7) is 3.38. The number of hydrogen-bond donors (Lipinski definition) is 0. The monoisotopic (exact) mass is 455 g/mol. The topological polar surface area (TPSA) is 61.2 Å². The lowest BCUT2D eigenvalue weighted by molar-refractivity contribution is -0.123. The van der Waals surface area contributed by atoms with E-state index in [0.717, 1.165) is 51.9 Å². The van der Waals surface area contributed by atoms with Crippen LogP contribution in [0.4, 0.5) is 5.82 Å². The third kappa shape index (κ3) is 3.79. The number of fused-ring (bicyclic) bond motifs is 1. The molecule has 4 heterocycles. The van der Waals surface area contributed by atoms with E-state index < -0.39 is 0 Å². The molecule has 0 spiro atoms. The summed E-state index contributed by atoms with van der Waals surface area (Å²) in [6, 6.07) is 5.72. The van der Waals surface area contributed by atoms with E-state index in [-0.39, 0.29) is 17.5 Å². The fourth-order valence-corrected chi connectivity index (χ4v) is 5.95. The molecular formula is C22H25N5O2S2. The highest BCUT2D eigenvalue weighted by Crippen LogP contribution is 2.38. The minimum atomic E-state index is -0.161. The summed E-state index contributed by atoms with van der Waals surface area (Å²) in [4.78, 5) is 38.2. The Hall–Kier alpha value is -2.23. The van der Waals surface area contributed by atoms with Gasteiger partial charge < -0.3 is 9.80 Å². The Kier molecular flexibility index (Phi) is 5.58. The molecule has 0 unspecified atom stereocenters. The van der Waals surface area contributed by atoms with Gasteiger partial charge in [-0.1, -0.05) is 42.9 Å². The van der Waals surface area contributed by atoms with E-state index in [1.807, 2.05) is 18.2 Å². The lowest BCUT2D eigenvalue weighted by Crippen LogP contribution is -2.45. The van der Waals surface area contributed by atoms with Gasteiger partial charge >= 0.3 is 0 Å². The van der Waals surface area contributed by atoms with Crippen LogP contribution in [-0.4, -0.2) is 68.7 Å². The zero-order valence-electron chi connectivity index (χ0n) is 17.5. The lowest BCUT2D eigenvalue weighted by Gasteiger charge is -2.34. The number of thiocarbonyl (C=S) groups is 1. The highest BCUT2D eigenvalue weighted by Gasteiger charge is 2.38. The van der Waals surface area contributed by atoms with E-state index in [2.05, 4.69) is 16.8 Å². The molecule has 2 aliphatic heterocycles. The maximum atomic E-state index is 13.4. The standard InChI is InChI=1S/C22H25N5O2S2/c1-24-10-12-25(13-11-24)19-16(20(28)26-9-5-4-8-18(26)23-19)14-17-21(29)27(22(30)31-17)15-6-2-3-7-15/h4-5,8-9,14-15H,2-3,6-7,10-13H2,1H3/b17-14+. The van der Waals surface area contributed by atoms with Crippen LogP contribution in [0.2, 0.25) is 0 Å². The summed E-state index contributed by atoms with van der Waals surface area (Å²) in [5, 5.41) is 0. The SMILES string of the molecule is CN1CCN(c2nc3ccccn3c(=O)c2/C=C2/SC(=S)N(C3CCCC3)C2=O)CC1. The molecule has 0 bridgehead atoms. The average Bonchev–Trinajstić information content (AvgIpc) is 3.38. The number of thioether (sulfide) groups is 1. The minimum Gasteiger partial charge on any atom is -0.353 e. The first-order chi connectivity index (χ1) is 15.0. The third-order valence-corrected chi connectivity index (χ3v) is 7.67. The Bertz CT molecular complexity index is 1130. The largest absolute Gasteiger partial charge is 0.353 e. The van der Waals surface area contributed by atoms with Crippen LogP contribution in [0.15, 0.2) is 34.1 Å². The first kappa shape index (κ1) is 20.7. The number of amides is 1. The summed E-state index contributed by atoms with van der Waals surface area (Å²) in [7, 11) is 2.09. The van der Waals surface area contributed by atoms with Gasteiger partial charge in [-0.25, -0.2) is 4.98 Å².